The highest BCUT2D eigenvalue weighted by Crippen LogP contribution is 2.31. The molecule has 1 amide bonds. The maximum Gasteiger partial charge on any atom is 0.405 e. The van der Waals surface area contributed by atoms with Crippen molar-refractivity contribution >= 4 is 28.3 Å². The molecule has 3 rings (SSSR count). The van der Waals surface area contributed by atoms with Crippen molar-refractivity contribution < 1.29 is 27.1 Å². The Hall–Kier alpha value is -3.16. The van der Waals surface area contributed by atoms with Crippen LogP contribution >= 0.6 is 0 Å². The molecule has 0 fully saturated rings. The summed E-state index contributed by atoms with van der Waals surface area (Å²) in [5, 5.41) is 5.50. The fourth-order valence-electron chi connectivity index (χ4n) is 2.73. The Balaban J connectivity index is 1.90. The van der Waals surface area contributed by atoms with E-state index in [0.717, 1.165) is 0 Å². The lowest BCUT2D eigenvalue weighted by molar-refractivity contribution is -0.115. The molecule has 0 spiro atoms. The van der Waals surface area contributed by atoms with Gasteiger partial charge in [-0.25, -0.2) is 0 Å². The largest absolute Gasteiger partial charge is 0.497 e. The Morgan fingerprint density at radius 2 is 1.85 bits per heavy atom. The highest BCUT2D eigenvalue weighted by atomic mass is 19.4. The Labute approximate surface area is 153 Å². The number of halogens is 3. The van der Waals surface area contributed by atoms with Gasteiger partial charge < -0.3 is 19.8 Å². The second kappa shape index (κ2) is 7.22. The number of fused-ring (bicyclic) bond motifs is 1. The number of carbonyl (C=O) groups is 1. The van der Waals surface area contributed by atoms with Crippen molar-refractivity contribution in [1.82, 2.24) is 0 Å². The molecule has 8 heteroatoms. The maximum atomic E-state index is 12.8. The minimum atomic E-state index is -4.37. The predicted octanol–water partition coefficient (Wildman–Crippen LogP) is 4.98. The highest BCUT2D eigenvalue weighted by Gasteiger charge is 2.27. The zero-order chi connectivity index (χ0) is 19.6. The van der Waals surface area contributed by atoms with Crippen molar-refractivity contribution in [1.29, 1.82) is 0 Å². The molecule has 0 radical (unpaired) electrons. The second-order valence-corrected chi connectivity index (χ2v) is 5.86. The number of aryl methyl sites for hydroxylation is 1. The van der Waals surface area contributed by atoms with Gasteiger partial charge in [0.05, 0.1) is 24.0 Å². The van der Waals surface area contributed by atoms with Crippen LogP contribution in [0.1, 0.15) is 16.1 Å². The molecule has 0 aliphatic rings. The van der Waals surface area contributed by atoms with Gasteiger partial charge in [0, 0.05) is 5.39 Å². The standard InChI is InChI=1S/C19H17F3N2O3/c1-11-17(13-9-12(26-2)7-8-16(13)27-11)18(25)24-15-6-4-3-5-14(15)23-10-19(20,21)22/h3-9,23H,10H2,1-2H3,(H,24,25). The van der Waals surface area contributed by atoms with E-state index in [2.05, 4.69) is 10.6 Å². The summed E-state index contributed by atoms with van der Waals surface area (Å²) in [5.41, 5.74) is 1.23. The quantitative estimate of drug-likeness (QED) is 0.658. The van der Waals surface area contributed by atoms with E-state index >= 15 is 0 Å². The van der Waals surface area contributed by atoms with Gasteiger partial charge in [-0.15, -0.1) is 0 Å². The van der Waals surface area contributed by atoms with E-state index in [9.17, 15) is 18.0 Å². The Morgan fingerprint density at radius 3 is 2.52 bits per heavy atom. The van der Waals surface area contributed by atoms with E-state index in [1.54, 1.807) is 37.3 Å². The van der Waals surface area contributed by atoms with Gasteiger partial charge in [0.15, 0.2) is 0 Å². The summed E-state index contributed by atoms with van der Waals surface area (Å²) in [5.74, 6) is 0.474. The van der Waals surface area contributed by atoms with Crippen LogP contribution in [0.25, 0.3) is 11.0 Å². The van der Waals surface area contributed by atoms with Gasteiger partial charge in [-0.2, -0.15) is 13.2 Å². The van der Waals surface area contributed by atoms with E-state index in [-0.39, 0.29) is 11.4 Å². The summed E-state index contributed by atoms with van der Waals surface area (Å²) >= 11 is 0. The molecule has 27 heavy (non-hydrogen) atoms. The first-order valence-corrected chi connectivity index (χ1v) is 8.06. The van der Waals surface area contributed by atoms with Crippen LogP contribution in [0.4, 0.5) is 24.5 Å². The number of amides is 1. The van der Waals surface area contributed by atoms with Gasteiger partial charge in [-0.1, -0.05) is 12.1 Å². The predicted molar refractivity (Wildman–Crippen MR) is 96.4 cm³/mol. The highest BCUT2D eigenvalue weighted by molar-refractivity contribution is 6.14. The molecule has 1 aromatic heterocycles. The summed E-state index contributed by atoms with van der Waals surface area (Å²) in [7, 11) is 1.51. The minimum absolute atomic E-state index is 0.172. The molecule has 0 saturated heterocycles. The van der Waals surface area contributed by atoms with Gasteiger partial charge in [0.25, 0.3) is 5.91 Å². The number of methoxy groups -OCH3 is 1. The fraction of sp³-hybridized carbons (Fsp3) is 0.211. The van der Waals surface area contributed by atoms with Crippen LogP contribution in [-0.4, -0.2) is 25.7 Å². The zero-order valence-electron chi connectivity index (χ0n) is 14.6. The van der Waals surface area contributed by atoms with E-state index in [1.165, 1.54) is 19.2 Å². The number of ether oxygens (including phenoxy) is 1. The number of furan rings is 1. The van der Waals surface area contributed by atoms with Gasteiger partial charge in [0.1, 0.15) is 23.6 Å². The maximum absolute atomic E-state index is 12.8. The average Bonchev–Trinajstić information content (AvgIpc) is 2.95. The topological polar surface area (TPSA) is 63.5 Å². The van der Waals surface area contributed by atoms with E-state index in [1.807, 2.05) is 0 Å². The lowest BCUT2D eigenvalue weighted by Crippen LogP contribution is -2.22. The molecule has 3 aromatic rings. The molecular formula is C19H17F3N2O3. The first-order chi connectivity index (χ1) is 12.8. The minimum Gasteiger partial charge on any atom is -0.497 e. The van der Waals surface area contributed by atoms with E-state index < -0.39 is 18.6 Å². The van der Waals surface area contributed by atoms with E-state index in [0.29, 0.717) is 28.0 Å². The number of anilines is 2. The van der Waals surface area contributed by atoms with Crippen molar-refractivity contribution in [2.45, 2.75) is 13.1 Å². The van der Waals surface area contributed by atoms with Gasteiger partial charge in [0.2, 0.25) is 0 Å². The smallest absolute Gasteiger partial charge is 0.405 e. The van der Waals surface area contributed by atoms with Gasteiger partial charge in [-0.05, 0) is 37.3 Å². The first-order valence-electron chi connectivity index (χ1n) is 8.06. The van der Waals surface area contributed by atoms with Crippen LogP contribution in [0.15, 0.2) is 46.9 Å². The second-order valence-electron chi connectivity index (χ2n) is 5.86. The molecule has 2 N–H and O–H groups in total. The molecule has 0 aliphatic heterocycles. The number of alkyl halides is 3. The lowest BCUT2D eigenvalue weighted by Gasteiger charge is -2.14. The van der Waals surface area contributed by atoms with Crippen molar-refractivity contribution in [3.8, 4) is 5.75 Å². The third-order valence-electron chi connectivity index (χ3n) is 3.95. The van der Waals surface area contributed by atoms with Gasteiger partial charge in [-0.3, -0.25) is 4.79 Å². The van der Waals surface area contributed by atoms with E-state index in [4.69, 9.17) is 9.15 Å². The number of hydrogen-bond acceptors (Lipinski definition) is 4. The normalized spacial score (nSPS) is 11.4. The first kappa shape index (κ1) is 18.6. The summed E-state index contributed by atoms with van der Waals surface area (Å²) in [6.07, 6.45) is -4.37. The molecule has 1 heterocycles. The summed E-state index contributed by atoms with van der Waals surface area (Å²) < 4.78 is 48.2. The molecule has 0 atom stereocenters. The van der Waals surface area contributed by atoms with Crippen LogP contribution in [-0.2, 0) is 0 Å². The molecule has 0 unspecified atom stereocenters. The Bertz CT molecular complexity index is 980. The van der Waals surface area contributed by atoms with Crippen LogP contribution < -0.4 is 15.4 Å². The van der Waals surface area contributed by atoms with Crippen molar-refractivity contribution in [3.05, 3.63) is 53.8 Å². The number of para-hydroxylation sites is 2. The number of hydrogen-bond donors (Lipinski definition) is 2. The lowest BCUT2D eigenvalue weighted by atomic mass is 10.1. The molecule has 0 bridgehead atoms. The van der Waals surface area contributed by atoms with Crippen LogP contribution in [0.5, 0.6) is 5.75 Å². The van der Waals surface area contributed by atoms with Crippen LogP contribution in [0.3, 0.4) is 0 Å². The fourth-order valence-corrected chi connectivity index (χ4v) is 2.73. The summed E-state index contributed by atoms with van der Waals surface area (Å²) in [6, 6.07) is 11.3. The zero-order valence-corrected chi connectivity index (χ0v) is 14.6. The molecule has 0 saturated carbocycles. The Kier molecular flexibility index (Phi) is 4.98. The molecule has 5 nitrogen and oxygen atoms in total. The molecular weight excluding hydrogens is 361 g/mol. The number of benzene rings is 2. The average molecular weight is 378 g/mol. The van der Waals surface area contributed by atoms with Crippen molar-refractivity contribution in [2.75, 3.05) is 24.3 Å². The van der Waals surface area contributed by atoms with Crippen molar-refractivity contribution in [3.63, 3.8) is 0 Å². The third-order valence-corrected chi connectivity index (χ3v) is 3.95. The Morgan fingerprint density at radius 1 is 1.15 bits per heavy atom. The van der Waals surface area contributed by atoms with Gasteiger partial charge >= 0.3 is 6.18 Å². The third kappa shape index (κ3) is 4.16. The monoisotopic (exact) mass is 378 g/mol. The molecule has 2 aromatic carbocycles. The van der Waals surface area contributed by atoms with Crippen molar-refractivity contribution in [2.24, 2.45) is 0 Å². The summed E-state index contributed by atoms with van der Waals surface area (Å²) in [4.78, 5) is 12.8. The molecule has 142 valence electrons. The molecule has 0 aliphatic carbocycles. The van der Waals surface area contributed by atoms with Crippen LogP contribution in [0, 0.1) is 6.92 Å². The van der Waals surface area contributed by atoms with Crippen LogP contribution in [0.2, 0.25) is 0 Å². The number of rotatable bonds is 5. The number of nitrogens with one attached hydrogen (secondary N) is 2. The number of carbonyl (C=O) groups excluding carboxylic acids is 1. The SMILES string of the molecule is COc1ccc2oc(C)c(C(=O)Nc3ccccc3NCC(F)(F)F)c2c1. The summed E-state index contributed by atoms with van der Waals surface area (Å²) in [6.45, 7) is 0.444.